The highest BCUT2D eigenvalue weighted by molar-refractivity contribution is 5.81. The summed E-state index contributed by atoms with van der Waals surface area (Å²) in [4.78, 5) is 24.3. The molecule has 1 amide bonds. The summed E-state index contributed by atoms with van der Waals surface area (Å²) < 4.78 is 5.15. The summed E-state index contributed by atoms with van der Waals surface area (Å²) in [6.07, 6.45) is 1.35. The second-order valence-corrected chi connectivity index (χ2v) is 4.17. The number of ether oxygens (including phenoxy) is 1. The lowest BCUT2D eigenvalue weighted by Crippen LogP contribution is -2.35. The summed E-state index contributed by atoms with van der Waals surface area (Å²) in [5.41, 5.74) is 0. The van der Waals surface area contributed by atoms with Crippen molar-refractivity contribution < 1.29 is 19.4 Å². The van der Waals surface area contributed by atoms with Crippen molar-refractivity contribution in [2.24, 2.45) is 11.8 Å². The summed E-state index contributed by atoms with van der Waals surface area (Å²) >= 11 is 0. The summed E-state index contributed by atoms with van der Waals surface area (Å²) in [6, 6.07) is 0. The van der Waals surface area contributed by atoms with E-state index in [1.165, 1.54) is 0 Å². The number of carbonyl (C=O) groups excluding carboxylic acids is 1. The third-order valence-electron chi connectivity index (χ3n) is 3.13. The number of amides is 1. The largest absolute Gasteiger partial charge is 0.481 e. The third kappa shape index (κ3) is 2.12. The number of rotatable bonds is 2. The van der Waals surface area contributed by atoms with Gasteiger partial charge in [-0.2, -0.15) is 0 Å². The van der Waals surface area contributed by atoms with Crippen molar-refractivity contribution in [3.63, 3.8) is 0 Å². The Labute approximate surface area is 88.0 Å². The molecule has 0 spiro atoms. The number of likely N-dealkylation sites (tertiary alicyclic amines) is 1. The van der Waals surface area contributed by atoms with Crippen LogP contribution < -0.4 is 0 Å². The zero-order valence-corrected chi connectivity index (χ0v) is 8.52. The molecule has 2 aliphatic rings. The molecular formula is C10H15NO4. The summed E-state index contributed by atoms with van der Waals surface area (Å²) in [5, 5.41) is 8.82. The van der Waals surface area contributed by atoms with Gasteiger partial charge in [-0.15, -0.1) is 0 Å². The van der Waals surface area contributed by atoms with Crippen LogP contribution in [0.25, 0.3) is 0 Å². The molecule has 0 unspecified atom stereocenters. The molecule has 2 fully saturated rings. The van der Waals surface area contributed by atoms with Gasteiger partial charge in [0.05, 0.1) is 18.4 Å². The van der Waals surface area contributed by atoms with Gasteiger partial charge >= 0.3 is 5.97 Å². The molecule has 2 heterocycles. The molecule has 0 aromatic heterocycles. The Hall–Kier alpha value is -1.10. The fourth-order valence-corrected chi connectivity index (χ4v) is 2.15. The number of aliphatic carboxylic acids is 1. The smallest absolute Gasteiger partial charge is 0.308 e. The first-order valence-electron chi connectivity index (χ1n) is 5.28. The van der Waals surface area contributed by atoms with E-state index >= 15 is 0 Å². The molecule has 15 heavy (non-hydrogen) atoms. The van der Waals surface area contributed by atoms with Gasteiger partial charge in [-0.1, -0.05) is 0 Å². The first-order valence-corrected chi connectivity index (χ1v) is 5.28. The van der Waals surface area contributed by atoms with Crippen LogP contribution in [-0.4, -0.2) is 48.2 Å². The summed E-state index contributed by atoms with van der Waals surface area (Å²) in [5.74, 6) is -1.15. The van der Waals surface area contributed by atoms with Gasteiger partial charge in [0.25, 0.3) is 0 Å². The van der Waals surface area contributed by atoms with Gasteiger partial charge < -0.3 is 14.7 Å². The van der Waals surface area contributed by atoms with Crippen LogP contribution in [0.3, 0.4) is 0 Å². The van der Waals surface area contributed by atoms with Crippen molar-refractivity contribution >= 4 is 11.9 Å². The fraction of sp³-hybridized carbons (Fsp3) is 0.800. The lowest BCUT2D eigenvalue weighted by molar-refractivity contribution is -0.141. The van der Waals surface area contributed by atoms with Crippen molar-refractivity contribution in [2.75, 3.05) is 26.3 Å². The highest BCUT2D eigenvalue weighted by Gasteiger charge is 2.35. The normalized spacial score (nSPS) is 30.8. The number of hydrogen-bond acceptors (Lipinski definition) is 3. The SMILES string of the molecule is O=C(O)[C@H]1CCN(C(=O)[C@H]2CCOC2)C1. The first-order chi connectivity index (χ1) is 7.18. The van der Waals surface area contributed by atoms with Gasteiger partial charge in [0, 0.05) is 19.7 Å². The number of carboxylic acid groups (broad SMARTS) is 1. The Kier molecular flexibility index (Phi) is 2.90. The molecule has 0 aromatic rings. The molecule has 1 N–H and O–H groups in total. The monoisotopic (exact) mass is 213 g/mol. The first kappa shape index (κ1) is 10.4. The van der Waals surface area contributed by atoms with E-state index in [-0.39, 0.29) is 17.7 Å². The van der Waals surface area contributed by atoms with Crippen molar-refractivity contribution in [1.29, 1.82) is 0 Å². The second-order valence-electron chi connectivity index (χ2n) is 4.17. The molecule has 2 aliphatic heterocycles. The second kappa shape index (κ2) is 4.18. The van der Waals surface area contributed by atoms with Crippen LogP contribution in [0.4, 0.5) is 0 Å². The molecule has 0 aromatic carbocycles. The predicted octanol–water partition coefficient (Wildman–Crippen LogP) is -0.0440. The zero-order chi connectivity index (χ0) is 10.8. The Balaban J connectivity index is 1.89. The maximum Gasteiger partial charge on any atom is 0.308 e. The minimum absolute atomic E-state index is 0.0439. The number of nitrogens with zero attached hydrogens (tertiary/aromatic N) is 1. The van der Waals surface area contributed by atoms with Gasteiger partial charge in [-0.3, -0.25) is 9.59 Å². The lowest BCUT2D eigenvalue weighted by atomic mass is 10.1. The van der Waals surface area contributed by atoms with E-state index in [1.54, 1.807) is 4.90 Å². The Morgan fingerprint density at radius 2 is 2.07 bits per heavy atom. The molecule has 84 valence electrons. The summed E-state index contributed by atoms with van der Waals surface area (Å²) in [6.45, 7) is 2.08. The van der Waals surface area contributed by atoms with Gasteiger partial charge in [-0.25, -0.2) is 0 Å². The van der Waals surface area contributed by atoms with E-state index < -0.39 is 5.97 Å². The van der Waals surface area contributed by atoms with E-state index in [2.05, 4.69) is 0 Å². The molecule has 0 radical (unpaired) electrons. The van der Waals surface area contributed by atoms with E-state index in [4.69, 9.17) is 9.84 Å². The molecule has 2 saturated heterocycles. The van der Waals surface area contributed by atoms with Gasteiger partial charge in [0.2, 0.25) is 5.91 Å². The molecule has 0 saturated carbocycles. The number of carbonyl (C=O) groups is 2. The Morgan fingerprint density at radius 1 is 1.27 bits per heavy atom. The van der Waals surface area contributed by atoms with Crippen LogP contribution >= 0.6 is 0 Å². The lowest BCUT2D eigenvalue weighted by Gasteiger charge is -2.19. The maximum absolute atomic E-state index is 11.9. The average molecular weight is 213 g/mol. The van der Waals surface area contributed by atoms with Crippen LogP contribution in [0, 0.1) is 11.8 Å². The van der Waals surface area contributed by atoms with Crippen molar-refractivity contribution in [2.45, 2.75) is 12.8 Å². The molecular weight excluding hydrogens is 198 g/mol. The number of carboxylic acids is 1. The standard InChI is InChI=1S/C10H15NO4/c12-9(8-2-4-15-6-8)11-3-1-7(5-11)10(13)14/h7-8H,1-6H2,(H,13,14)/t7-,8-/m0/s1. The third-order valence-corrected chi connectivity index (χ3v) is 3.13. The van der Waals surface area contributed by atoms with E-state index in [9.17, 15) is 9.59 Å². The number of hydrogen-bond donors (Lipinski definition) is 1. The van der Waals surface area contributed by atoms with E-state index in [1.807, 2.05) is 0 Å². The fourth-order valence-electron chi connectivity index (χ4n) is 2.15. The highest BCUT2D eigenvalue weighted by Crippen LogP contribution is 2.22. The topological polar surface area (TPSA) is 66.8 Å². The zero-order valence-electron chi connectivity index (χ0n) is 8.52. The van der Waals surface area contributed by atoms with Crippen molar-refractivity contribution in [3.05, 3.63) is 0 Å². The van der Waals surface area contributed by atoms with Crippen molar-refractivity contribution in [1.82, 2.24) is 4.90 Å². The molecule has 5 nitrogen and oxygen atoms in total. The molecule has 5 heteroatoms. The minimum atomic E-state index is -0.798. The Bertz CT molecular complexity index is 273. The molecule has 2 atom stereocenters. The predicted molar refractivity (Wildman–Crippen MR) is 51.2 cm³/mol. The van der Waals surface area contributed by atoms with Crippen LogP contribution in [0.2, 0.25) is 0 Å². The molecule has 0 aliphatic carbocycles. The Morgan fingerprint density at radius 3 is 2.60 bits per heavy atom. The highest BCUT2D eigenvalue weighted by atomic mass is 16.5. The van der Waals surface area contributed by atoms with E-state index in [0.717, 1.165) is 6.42 Å². The quantitative estimate of drug-likeness (QED) is 0.698. The van der Waals surface area contributed by atoms with Gasteiger partial charge in [0.1, 0.15) is 0 Å². The van der Waals surface area contributed by atoms with Gasteiger partial charge in [-0.05, 0) is 12.8 Å². The minimum Gasteiger partial charge on any atom is -0.481 e. The maximum atomic E-state index is 11.9. The van der Waals surface area contributed by atoms with E-state index in [0.29, 0.717) is 32.7 Å². The molecule has 0 bridgehead atoms. The molecule has 2 rings (SSSR count). The van der Waals surface area contributed by atoms with Crippen molar-refractivity contribution in [3.8, 4) is 0 Å². The van der Waals surface area contributed by atoms with Gasteiger partial charge in [0.15, 0.2) is 0 Å². The van der Waals surface area contributed by atoms with Crippen LogP contribution in [0.1, 0.15) is 12.8 Å². The van der Waals surface area contributed by atoms with Crippen LogP contribution in [-0.2, 0) is 14.3 Å². The average Bonchev–Trinajstić information content (AvgIpc) is 2.88. The van der Waals surface area contributed by atoms with Crippen LogP contribution in [0.5, 0.6) is 0 Å². The summed E-state index contributed by atoms with van der Waals surface area (Å²) in [7, 11) is 0. The van der Waals surface area contributed by atoms with Crippen LogP contribution in [0.15, 0.2) is 0 Å².